The number of aliphatic hydroxyl groups is 2. The summed E-state index contributed by atoms with van der Waals surface area (Å²) >= 11 is 0. The van der Waals surface area contributed by atoms with Gasteiger partial charge >= 0.3 is 0 Å². The van der Waals surface area contributed by atoms with Crippen molar-refractivity contribution in [3.63, 3.8) is 0 Å². The zero-order chi connectivity index (χ0) is 18.1. The highest BCUT2D eigenvalue weighted by Crippen LogP contribution is 2.31. The minimum atomic E-state index is -0.705. The molecular weight excluding hydrogens is 334 g/mol. The Morgan fingerprint density at radius 3 is 2.77 bits per heavy atom. The molecule has 1 aliphatic heterocycles. The summed E-state index contributed by atoms with van der Waals surface area (Å²) in [5.41, 5.74) is 3.64. The van der Waals surface area contributed by atoms with Crippen LogP contribution >= 0.6 is 0 Å². The Hall–Kier alpha value is -2.55. The lowest BCUT2D eigenvalue weighted by molar-refractivity contribution is -0.0432. The van der Waals surface area contributed by atoms with Crippen LogP contribution in [0.1, 0.15) is 23.8 Å². The molecule has 3 heterocycles. The van der Waals surface area contributed by atoms with E-state index in [0.717, 1.165) is 5.56 Å². The van der Waals surface area contributed by atoms with Crippen molar-refractivity contribution in [3.05, 3.63) is 48.0 Å². The summed E-state index contributed by atoms with van der Waals surface area (Å²) in [6, 6.07) is 8.29. The zero-order valence-electron chi connectivity index (χ0n) is 14.4. The average molecular weight is 355 g/mol. The molecule has 0 spiro atoms. The van der Waals surface area contributed by atoms with Crippen molar-refractivity contribution in [2.45, 2.75) is 38.3 Å². The molecule has 1 aliphatic rings. The number of aliphatic hydroxyl groups excluding tert-OH is 2. The molecule has 0 amide bonds. The fourth-order valence-corrected chi connectivity index (χ4v) is 3.13. The van der Waals surface area contributed by atoms with Crippen LogP contribution in [0.25, 0.3) is 11.2 Å². The molecule has 0 bridgehead atoms. The van der Waals surface area contributed by atoms with E-state index in [-0.39, 0.29) is 6.61 Å². The van der Waals surface area contributed by atoms with Crippen LogP contribution < -0.4 is 5.32 Å². The van der Waals surface area contributed by atoms with Gasteiger partial charge in [-0.1, -0.05) is 29.8 Å². The lowest BCUT2D eigenvalue weighted by atomic mass is 10.1. The number of hydrogen-bond acceptors (Lipinski definition) is 7. The van der Waals surface area contributed by atoms with E-state index in [9.17, 15) is 10.2 Å². The van der Waals surface area contributed by atoms with Gasteiger partial charge in [0.15, 0.2) is 17.0 Å². The first-order valence-electron chi connectivity index (χ1n) is 8.57. The van der Waals surface area contributed by atoms with Crippen molar-refractivity contribution in [1.29, 1.82) is 0 Å². The number of aromatic nitrogens is 4. The smallest absolute Gasteiger partial charge is 0.167 e. The monoisotopic (exact) mass is 355 g/mol. The number of benzene rings is 1. The van der Waals surface area contributed by atoms with E-state index >= 15 is 0 Å². The zero-order valence-corrected chi connectivity index (χ0v) is 14.4. The van der Waals surface area contributed by atoms with E-state index in [1.807, 2.05) is 0 Å². The van der Waals surface area contributed by atoms with Crippen LogP contribution in [0.5, 0.6) is 0 Å². The van der Waals surface area contributed by atoms with Crippen molar-refractivity contribution >= 4 is 17.0 Å². The molecule has 3 atom stereocenters. The number of aryl methyl sites for hydroxylation is 1. The van der Waals surface area contributed by atoms with Crippen LogP contribution in [0.3, 0.4) is 0 Å². The van der Waals surface area contributed by atoms with Gasteiger partial charge in [-0.25, -0.2) is 15.0 Å². The number of nitrogens with zero attached hydrogens (tertiary/aromatic N) is 4. The van der Waals surface area contributed by atoms with E-state index in [4.69, 9.17) is 4.74 Å². The molecule has 0 saturated carbocycles. The molecule has 3 aromatic rings. The van der Waals surface area contributed by atoms with Gasteiger partial charge in [0.2, 0.25) is 0 Å². The topological polar surface area (TPSA) is 105 Å². The van der Waals surface area contributed by atoms with Crippen molar-refractivity contribution in [3.8, 4) is 0 Å². The Balaban J connectivity index is 1.56. The Bertz CT molecular complexity index is 895. The van der Waals surface area contributed by atoms with Crippen LogP contribution in [0.4, 0.5) is 5.82 Å². The Morgan fingerprint density at radius 1 is 1.23 bits per heavy atom. The fraction of sp³-hybridized carbons (Fsp3) is 0.389. The predicted molar refractivity (Wildman–Crippen MR) is 95.4 cm³/mol. The van der Waals surface area contributed by atoms with E-state index < -0.39 is 18.4 Å². The highest BCUT2D eigenvalue weighted by molar-refractivity contribution is 5.82. The maximum Gasteiger partial charge on any atom is 0.167 e. The van der Waals surface area contributed by atoms with Crippen LogP contribution in [-0.4, -0.2) is 48.5 Å². The SMILES string of the molecule is Cc1ccc(CNc2ncnc3c2ncn3C2CC(O)C(CO)O2)cc1. The van der Waals surface area contributed by atoms with Crippen molar-refractivity contribution in [1.82, 2.24) is 19.5 Å². The minimum absolute atomic E-state index is 0.220. The van der Waals surface area contributed by atoms with E-state index in [2.05, 4.69) is 51.5 Å². The number of rotatable bonds is 5. The number of anilines is 1. The molecule has 0 aliphatic carbocycles. The van der Waals surface area contributed by atoms with Gasteiger partial charge in [-0.2, -0.15) is 0 Å². The third-order valence-corrected chi connectivity index (χ3v) is 4.63. The first-order chi connectivity index (χ1) is 12.7. The molecule has 26 heavy (non-hydrogen) atoms. The van der Waals surface area contributed by atoms with E-state index in [0.29, 0.717) is 29.9 Å². The van der Waals surface area contributed by atoms with Gasteiger partial charge in [-0.3, -0.25) is 4.57 Å². The molecule has 1 saturated heterocycles. The van der Waals surface area contributed by atoms with E-state index in [1.54, 1.807) is 10.9 Å². The minimum Gasteiger partial charge on any atom is -0.394 e. The van der Waals surface area contributed by atoms with Gasteiger partial charge in [0.05, 0.1) is 19.0 Å². The summed E-state index contributed by atoms with van der Waals surface area (Å²) in [5.74, 6) is 0.645. The quantitative estimate of drug-likeness (QED) is 0.635. The Morgan fingerprint density at radius 2 is 2.04 bits per heavy atom. The summed E-state index contributed by atoms with van der Waals surface area (Å²) in [7, 11) is 0. The lowest BCUT2D eigenvalue weighted by Gasteiger charge is -2.13. The van der Waals surface area contributed by atoms with Crippen molar-refractivity contribution < 1.29 is 14.9 Å². The summed E-state index contributed by atoms with van der Waals surface area (Å²) in [5, 5.41) is 22.5. The largest absolute Gasteiger partial charge is 0.394 e. The highest BCUT2D eigenvalue weighted by atomic mass is 16.5. The molecule has 136 valence electrons. The molecule has 2 aromatic heterocycles. The maximum atomic E-state index is 9.95. The van der Waals surface area contributed by atoms with Gasteiger partial charge in [-0.15, -0.1) is 0 Å². The number of nitrogens with one attached hydrogen (secondary N) is 1. The number of fused-ring (bicyclic) bond motifs is 1. The molecule has 8 heteroatoms. The normalized spacial score (nSPS) is 22.8. The second-order valence-corrected chi connectivity index (χ2v) is 6.50. The van der Waals surface area contributed by atoms with Crippen molar-refractivity contribution in [2.24, 2.45) is 0 Å². The molecule has 8 nitrogen and oxygen atoms in total. The molecule has 3 unspecified atom stereocenters. The molecule has 4 rings (SSSR count). The fourth-order valence-electron chi connectivity index (χ4n) is 3.13. The summed E-state index contributed by atoms with van der Waals surface area (Å²) in [6.07, 6.45) is 1.79. The van der Waals surface area contributed by atoms with Gasteiger partial charge in [0.1, 0.15) is 18.7 Å². The third kappa shape index (κ3) is 3.14. The molecule has 3 N–H and O–H groups in total. The second-order valence-electron chi connectivity index (χ2n) is 6.50. The standard InChI is InChI=1S/C18H21N5O3/c1-11-2-4-12(5-3-11)7-19-17-16-18(21-9-20-17)23(10-22-16)15-6-13(25)14(8-24)26-15/h2-5,9-10,13-15,24-25H,6-8H2,1H3,(H,19,20,21). The van der Waals surface area contributed by atoms with Crippen LogP contribution in [0, 0.1) is 6.92 Å². The number of ether oxygens (including phenoxy) is 1. The summed E-state index contributed by atoms with van der Waals surface area (Å²) < 4.78 is 7.47. The van der Waals surface area contributed by atoms with Gasteiger partial charge in [0.25, 0.3) is 0 Å². The van der Waals surface area contributed by atoms with Crippen LogP contribution in [-0.2, 0) is 11.3 Å². The highest BCUT2D eigenvalue weighted by Gasteiger charge is 2.35. The summed E-state index contributed by atoms with van der Waals surface area (Å²) in [4.78, 5) is 13.0. The third-order valence-electron chi connectivity index (χ3n) is 4.63. The molecule has 1 fully saturated rings. The van der Waals surface area contributed by atoms with Gasteiger partial charge in [-0.05, 0) is 12.5 Å². The van der Waals surface area contributed by atoms with Gasteiger partial charge < -0.3 is 20.3 Å². The average Bonchev–Trinajstić information content (AvgIpc) is 3.24. The Labute approximate surface area is 150 Å². The predicted octanol–water partition coefficient (Wildman–Crippen LogP) is 1.39. The second kappa shape index (κ2) is 6.99. The summed E-state index contributed by atoms with van der Waals surface area (Å²) in [6.45, 7) is 2.47. The van der Waals surface area contributed by atoms with Crippen molar-refractivity contribution in [2.75, 3.05) is 11.9 Å². The first kappa shape index (κ1) is 16.9. The number of hydrogen-bond donors (Lipinski definition) is 3. The van der Waals surface area contributed by atoms with Gasteiger partial charge in [0, 0.05) is 13.0 Å². The Kier molecular flexibility index (Phi) is 4.54. The first-order valence-corrected chi connectivity index (χ1v) is 8.57. The number of imidazole rings is 1. The van der Waals surface area contributed by atoms with Crippen LogP contribution in [0.15, 0.2) is 36.9 Å². The molecule has 1 aromatic carbocycles. The van der Waals surface area contributed by atoms with E-state index in [1.165, 1.54) is 11.9 Å². The molecular formula is C18H21N5O3. The van der Waals surface area contributed by atoms with Crippen LogP contribution in [0.2, 0.25) is 0 Å². The maximum absolute atomic E-state index is 9.95. The molecule has 0 radical (unpaired) electrons. The lowest BCUT2D eigenvalue weighted by Crippen LogP contribution is -2.24.